The predicted octanol–water partition coefficient (Wildman–Crippen LogP) is 2.92. The predicted molar refractivity (Wildman–Crippen MR) is 107 cm³/mol. The van der Waals surface area contributed by atoms with Gasteiger partial charge >= 0.3 is 0 Å². The van der Waals surface area contributed by atoms with Crippen LogP contribution in [0.5, 0.6) is 0 Å². The maximum absolute atomic E-state index is 12.9. The van der Waals surface area contributed by atoms with Gasteiger partial charge in [0.05, 0.1) is 17.1 Å². The summed E-state index contributed by atoms with van der Waals surface area (Å²) in [6.45, 7) is 2.05. The monoisotopic (exact) mass is 401 g/mol. The van der Waals surface area contributed by atoms with E-state index < -0.39 is 9.84 Å². The molecular weight excluding hydrogens is 374 g/mol. The molecular formula is C21H27N3O3S. The fraction of sp³-hybridized carbons (Fsp3) is 0.524. The van der Waals surface area contributed by atoms with E-state index in [1.165, 1.54) is 11.8 Å². The van der Waals surface area contributed by atoms with Crippen molar-refractivity contribution in [1.29, 1.82) is 0 Å². The van der Waals surface area contributed by atoms with E-state index in [0.717, 1.165) is 31.2 Å². The van der Waals surface area contributed by atoms with Gasteiger partial charge in [-0.05, 0) is 62.3 Å². The first-order valence-corrected chi connectivity index (χ1v) is 11.8. The van der Waals surface area contributed by atoms with Crippen molar-refractivity contribution in [3.8, 4) is 0 Å². The molecule has 3 heterocycles. The summed E-state index contributed by atoms with van der Waals surface area (Å²) in [5, 5.41) is 4.48. The van der Waals surface area contributed by atoms with Crippen LogP contribution in [0.15, 0.2) is 41.6 Å². The fourth-order valence-electron chi connectivity index (χ4n) is 4.69. The van der Waals surface area contributed by atoms with E-state index in [4.69, 9.17) is 0 Å². The second kappa shape index (κ2) is 7.35. The molecule has 28 heavy (non-hydrogen) atoms. The maximum Gasteiger partial charge on any atom is 0.223 e. The number of hydrogen-bond acceptors (Lipinski definition) is 4. The Morgan fingerprint density at radius 3 is 2.29 bits per heavy atom. The van der Waals surface area contributed by atoms with E-state index >= 15 is 0 Å². The van der Waals surface area contributed by atoms with Crippen molar-refractivity contribution < 1.29 is 13.2 Å². The van der Waals surface area contributed by atoms with E-state index in [0.29, 0.717) is 35.9 Å². The lowest BCUT2D eigenvalue weighted by molar-refractivity contribution is -0.136. The summed E-state index contributed by atoms with van der Waals surface area (Å²) >= 11 is 0. The van der Waals surface area contributed by atoms with Crippen LogP contribution < -0.4 is 0 Å². The van der Waals surface area contributed by atoms with Crippen LogP contribution >= 0.6 is 0 Å². The van der Waals surface area contributed by atoms with Gasteiger partial charge in [0.15, 0.2) is 9.84 Å². The summed E-state index contributed by atoms with van der Waals surface area (Å²) in [5.41, 5.74) is 2.17. The molecule has 1 aromatic carbocycles. The number of aryl methyl sites for hydroxylation is 2. The number of aromatic nitrogens is 2. The van der Waals surface area contributed by atoms with Crippen molar-refractivity contribution in [3.05, 3.63) is 47.8 Å². The van der Waals surface area contributed by atoms with Crippen molar-refractivity contribution in [2.24, 2.45) is 0 Å². The molecule has 0 N–H and O–H groups in total. The number of rotatable bonds is 5. The second-order valence-corrected chi connectivity index (χ2v) is 10.2. The van der Waals surface area contributed by atoms with Gasteiger partial charge in [-0.15, -0.1) is 0 Å². The molecule has 0 radical (unpaired) electrons. The molecule has 2 aliphatic heterocycles. The van der Waals surface area contributed by atoms with Crippen molar-refractivity contribution in [3.63, 3.8) is 0 Å². The van der Waals surface area contributed by atoms with Crippen LogP contribution in [-0.4, -0.2) is 47.3 Å². The summed E-state index contributed by atoms with van der Waals surface area (Å²) in [7, 11) is -3.18. The molecule has 0 aliphatic carbocycles. The third-order valence-corrected chi connectivity index (χ3v) is 7.21. The van der Waals surface area contributed by atoms with Gasteiger partial charge in [0, 0.05) is 31.0 Å². The van der Waals surface area contributed by atoms with Gasteiger partial charge in [-0.3, -0.25) is 9.48 Å². The Balaban J connectivity index is 1.37. The van der Waals surface area contributed by atoms with Crippen molar-refractivity contribution in [1.82, 2.24) is 14.7 Å². The maximum atomic E-state index is 12.9. The molecule has 150 valence electrons. The first-order valence-electron chi connectivity index (χ1n) is 9.92. The Kier molecular flexibility index (Phi) is 5.04. The number of piperidine rings is 1. The Morgan fingerprint density at radius 2 is 1.75 bits per heavy atom. The summed E-state index contributed by atoms with van der Waals surface area (Å²) in [5.74, 6) is 0.217. The normalized spacial score (nSPS) is 24.5. The van der Waals surface area contributed by atoms with Crippen molar-refractivity contribution in [2.75, 3.05) is 6.26 Å². The highest BCUT2D eigenvalue weighted by atomic mass is 32.2. The van der Waals surface area contributed by atoms with Crippen LogP contribution in [0.1, 0.15) is 49.3 Å². The van der Waals surface area contributed by atoms with Gasteiger partial charge < -0.3 is 4.90 Å². The molecule has 7 heteroatoms. The van der Waals surface area contributed by atoms with Gasteiger partial charge in [-0.2, -0.15) is 5.10 Å². The molecule has 2 bridgehead atoms. The molecule has 2 unspecified atom stereocenters. The molecule has 2 fully saturated rings. The first-order chi connectivity index (χ1) is 13.3. The number of carbonyl (C=O) groups is 1. The van der Waals surface area contributed by atoms with Crippen LogP contribution in [0, 0.1) is 6.92 Å². The zero-order chi connectivity index (χ0) is 19.9. The number of amides is 1. The topological polar surface area (TPSA) is 72.3 Å². The van der Waals surface area contributed by atoms with Gasteiger partial charge in [0.25, 0.3) is 0 Å². The average Bonchev–Trinajstić information content (AvgIpc) is 3.20. The summed E-state index contributed by atoms with van der Waals surface area (Å²) < 4.78 is 25.2. The molecule has 0 spiro atoms. The zero-order valence-corrected chi connectivity index (χ0v) is 17.2. The lowest BCUT2D eigenvalue weighted by atomic mass is 9.96. The average molecular weight is 402 g/mol. The van der Waals surface area contributed by atoms with Crippen LogP contribution in [0.25, 0.3) is 0 Å². The third kappa shape index (κ3) is 3.85. The number of nitrogens with zero attached hydrogens (tertiary/aromatic N) is 3. The van der Waals surface area contributed by atoms with Gasteiger partial charge in [0.2, 0.25) is 5.91 Å². The zero-order valence-electron chi connectivity index (χ0n) is 16.4. The highest BCUT2D eigenvalue weighted by molar-refractivity contribution is 7.90. The highest BCUT2D eigenvalue weighted by Crippen LogP contribution is 2.41. The molecule has 1 aromatic heterocycles. The number of hydrogen-bond donors (Lipinski definition) is 0. The lowest BCUT2D eigenvalue weighted by Crippen LogP contribution is -2.47. The third-order valence-electron chi connectivity index (χ3n) is 6.08. The standard InChI is InChI=1S/C21H27N3O3S/c1-15-13-22-23(14-15)19-11-17-6-7-18(12-19)24(17)21(25)10-5-16-3-8-20(9-4-16)28(2,26)27/h3-4,8-9,13-14,17-19H,5-7,10-12H2,1-2H3. The largest absolute Gasteiger partial charge is 0.337 e. The van der Waals surface area contributed by atoms with Gasteiger partial charge in [-0.1, -0.05) is 12.1 Å². The van der Waals surface area contributed by atoms with E-state index in [1.807, 2.05) is 18.3 Å². The molecule has 2 aliphatic rings. The Labute approximate surface area is 166 Å². The van der Waals surface area contributed by atoms with E-state index in [1.54, 1.807) is 12.1 Å². The van der Waals surface area contributed by atoms with E-state index in [9.17, 15) is 13.2 Å². The van der Waals surface area contributed by atoms with Crippen molar-refractivity contribution in [2.45, 2.75) is 68.5 Å². The number of benzene rings is 1. The van der Waals surface area contributed by atoms with Crippen molar-refractivity contribution >= 4 is 15.7 Å². The van der Waals surface area contributed by atoms with Crippen LogP contribution in [0.4, 0.5) is 0 Å². The van der Waals surface area contributed by atoms with E-state index in [-0.39, 0.29) is 5.91 Å². The number of fused-ring (bicyclic) bond motifs is 2. The van der Waals surface area contributed by atoms with Gasteiger partial charge in [-0.25, -0.2) is 8.42 Å². The first kappa shape index (κ1) is 19.2. The minimum absolute atomic E-state index is 0.217. The molecule has 4 rings (SSSR count). The molecule has 2 aromatic rings. The Bertz CT molecular complexity index is 951. The SMILES string of the molecule is Cc1cnn(C2CC3CCC(C2)N3C(=O)CCc2ccc(S(C)(=O)=O)cc2)c1. The van der Waals surface area contributed by atoms with Crippen LogP contribution in [-0.2, 0) is 21.1 Å². The van der Waals surface area contributed by atoms with Crippen LogP contribution in [0.2, 0.25) is 0 Å². The second-order valence-electron chi connectivity index (χ2n) is 8.23. The van der Waals surface area contributed by atoms with Crippen LogP contribution in [0.3, 0.4) is 0 Å². The minimum Gasteiger partial charge on any atom is -0.337 e. The molecule has 6 nitrogen and oxygen atoms in total. The minimum atomic E-state index is -3.18. The fourth-order valence-corrected chi connectivity index (χ4v) is 5.32. The Hall–Kier alpha value is -2.15. The number of sulfone groups is 1. The lowest BCUT2D eigenvalue weighted by Gasteiger charge is -2.39. The Morgan fingerprint density at radius 1 is 1.11 bits per heavy atom. The summed E-state index contributed by atoms with van der Waals surface area (Å²) in [4.78, 5) is 15.4. The van der Waals surface area contributed by atoms with Gasteiger partial charge in [0.1, 0.15) is 0 Å². The smallest absolute Gasteiger partial charge is 0.223 e. The van der Waals surface area contributed by atoms with E-state index in [2.05, 4.69) is 27.8 Å². The molecule has 0 saturated carbocycles. The molecule has 1 amide bonds. The molecule has 2 saturated heterocycles. The summed E-state index contributed by atoms with van der Waals surface area (Å²) in [6.07, 6.45) is 10.4. The summed E-state index contributed by atoms with van der Waals surface area (Å²) in [6, 6.07) is 7.88. The number of carbonyl (C=O) groups excluding carboxylic acids is 1. The highest BCUT2D eigenvalue weighted by Gasteiger charge is 2.43. The quantitative estimate of drug-likeness (QED) is 0.772. The molecule has 2 atom stereocenters.